The number of hydrogen-bond acceptors (Lipinski definition) is 2. The third-order valence-corrected chi connectivity index (χ3v) is 6.46. The third kappa shape index (κ3) is 4.44. The van der Waals surface area contributed by atoms with E-state index in [1.165, 1.54) is 32.7 Å². The summed E-state index contributed by atoms with van der Waals surface area (Å²) >= 11 is 0. The molecular formula is C29H33NO. The Kier molecular flexibility index (Phi) is 5.75. The summed E-state index contributed by atoms with van der Waals surface area (Å²) in [4.78, 5) is 4.55. The molecule has 4 aromatic rings. The molecule has 2 heteroatoms. The molecular weight excluding hydrogens is 378 g/mol. The molecule has 1 aromatic heterocycles. The van der Waals surface area contributed by atoms with Crippen LogP contribution in [0.15, 0.2) is 66.9 Å². The molecule has 0 N–H and O–H groups in total. The van der Waals surface area contributed by atoms with Gasteiger partial charge in [-0.3, -0.25) is 4.98 Å². The van der Waals surface area contributed by atoms with E-state index >= 15 is 0 Å². The van der Waals surface area contributed by atoms with Crippen molar-refractivity contribution in [3.63, 3.8) is 0 Å². The Hall–Kier alpha value is -2.87. The van der Waals surface area contributed by atoms with Gasteiger partial charge < -0.3 is 4.74 Å². The quantitative estimate of drug-likeness (QED) is 0.330. The normalized spacial score (nSPS) is 13.1. The van der Waals surface area contributed by atoms with Gasteiger partial charge in [0, 0.05) is 11.6 Å². The Bertz CT molecular complexity index is 1220. The maximum Gasteiger partial charge on any atom is 0.120 e. The minimum absolute atomic E-state index is 0.233. The molecule has 0 radical (unpaired) electrons. The van der Waals surface area contributed by atoms with E-state index in [-0.39, 0.29) is 5.41 Å². The average molecular weight is 412 g/mol. The van der Waals surface area contributed by atoms with Crippen LogP contribution >= 0.6 is 0 Å². The lowest BCUT2D eigenvalue weighted by Gasteiger charge is -2.28. The van der Waals surface area contributed by atoms with Crippen molar-refractivity contribution in [1.29, 1.82) is 0 Å². The first-order chi connectivity index (χ1) is 14.7. The number of nitrogens with zero attached hydrogens (tertiary/aromatic N) is 1. The van der Waals surface area contributed by atoms with E-state index in [0.717, 1.165) is 11.4 Å². The number of benzene rings is 3. The summed E-state index contributed by atoms with van der Waals surface area (Å²) in [5.41, 5.74) is 3.98. The van der Waals surface area contributed by atoms with Crippen LogP contribution < -0.4 is 4.74 Å². The Morgan fingerprint density at radius 2 is 1.58 bits per heavy atom. The van der Waals surface area contributed by atoms with Gasteiger partial charge in [-0.25, -0.2) is 0 Å². The van der Waals surface area contributed by atoms with Crippen molar-refractivity contribution in [3.05, 3.63) is 83.7 Å². The molecule has 0 spiro atoms. The Labute approximate surface area is 186 Å². The summed E-state index contributed by atoms with van der Waals surface area (Å²) in [6, 6.07) is 21.7. The zero-order chi connectivity index (χ0) is 22.2. The van der Waals surface area contributed by atoms with Gasteiger partial charge >= 0.3 is 0 Å². The molecule has 0 aliphatic carbocycles. The molecule has 2 nitrogen and oxygen atoms in total. The fourth-order valence-electron chi connectivity index (χ4n) is 4.19. The monoisotopic (exact) mass is 411 g/mol. The van der Waals surface area contributed by atoms with E-state index < -0.39 is 0 Å². The van der Waals surface area contributed by atoms with Crippen LogP contribution in [0.2, 0.25) is 0 Å². The lowest BCUT2D eigenvalue weighted by Crippen LogP contribution is -2.15. The van der Waals surface area contributed by atoms with Crippen LogP contribution in [0.25, 0.3) is 21.5 Å². The van der Waals surface area contributed by atoms with Gasteiger partial charge in [-0.2, -0.15) is 0 Å². The fraction of sp³-hybridized carbons (Fsp3) is 0.345. The molecule has 1 atom stereocenters. The molecule has 0 amide bonds. The molecule has 0 saturated carbocycles. The zero-order valence-corrected chi connectivity index (χ0v) is 19.6. The molecule has 31 heavy (non-hydrogen) atoms. The van der Waals surface area contributed by atoms with E-state index in [1.807, 2.05) is 6.20 Å². The molecule has 4 rings (SSSR count). The standard InChI is InChI=1S/C29H33NO/c1-19(2)28-27-13-11-24(17-23(27)14-15-30-28)31-18-21-10-12-26-22(16-21)8-7-9-25(26)20(3)29(4,5)6/h7-17,19-20H,18H2,1-6H3. The number of ether oxygens (including phenoxy) is 1. The Morgan fingerprint density at radius 3 is 2.32 bits per heavy atom. The molecule has 0 aliphatic rings. The van der Waals surface area contributed by atoms with Gasteiger partial charge in [-0.1, -0.05) is 71.9 Å². The second-order valence-electron chi connectivity index (χ2n) is 10.0. The number of pyridine rings is 1. The molecule has 1 heterocycles. The maximum absolute atomic E-state index is 6.16. The fourth-order valence-corrected chi connectivity index (χ4v) is 4.19. The first-order valence-corrected chi connectivity index (χ1v) is 11.3. The van der Waals surface area contributed by atoms with Gasteiger partial charge in [0.2, 0.25) is 0 Å². The van der Waals surface area contributed by atoms with Gasteiger partial charge in [0.1, 0.15) is 12.4 Å². The summed E-state index contributed by atoms with van der Waals surface area (Å²) in [5, 5.41) is 5.00. The highest BCUT2D eigenvalue weighted by atomic mass is 16.5. The van der Waals surface area contributed by atoms with Crippen LogP contribution in [-0.2, 0) is 6.61 Å². The van der Waals surface area contributed by atoms with Crippen LogP contribution in [0, 0.1) is 5.41 Å². The van der Waals surface area contributed by atoms with Crippen molar-refractivity contribution in [3.8, 4) is 5.75 Å². The topological polar surface area (TPSA) is 22.1 Å². The Morgan fingerprint density at radius 1 is 0.839 bits per heavy atom. The van der Waals surface area contributed by atoms with Gasteiger partial charge in [0.15, 0.2) is 0 Å². The predicted molar refractivity (Wildman–Crippen MR) is 132 cm³/mol. The third-order valence-electron chi connectivity index (χ3n) is 6.46. The lowest BCUT2D eigenvalue weighted by molar-refractivity contribution is 0.307. The van der Waals surface area contributed by atoms with Gasteiger partial charge in [-0.05, 0) is 74.9 Å². The van der Waals surface area contributed by atoms with Crippen molar-refractivity contribution in [2.24, 2.45) is 5.41 Å². The predicted octanol–water partition coefficient (Wildman–Crippen LogP) is 8.24. The van der Waals surface area contributed by atoms with Gasteiger partial charge in [0.05, 0.1) is 5.69 Å². The second-order valence-corrected chi connectivity index (χ2v) is 10.0. The van der Waals surface area contributed by atoms with E-state index in [0.29, 0.717) is 18.4 Å². The summed E-state index contributed by atoms with van der Waals surface area (Å²) in [6.07, 6.45) is 1.89. The van der Waals surface area contributed by atoms with Crippen molar-refractivity contribution in [2.75, 3.05) is 0 Å². The minimum Gasteiger partial charge on any atom is -0.489 e. The van der Waals surface area contributed by atoms with Gasteiger partial charge in [0.25, 0.3) is 0 Å². The molecule has 0 saturated heterocycles. The second kappa shape index (κ2) is 8.34. The van der Waals surface area contributed by atoms with Crippen molar-refractivity contribution < 1.29 is 4.74 Å². The van der Waals surface area contributed by atoms with E-state index in [2.05, 4.69) is 107 Å². The lowest BCUT2D eigenvalue weighted by atomic mass is 9.76. The number of rotatable bonds is 5. The number of aromatic nitrogens is 1. The van der Waals surface area contributed by atoms with Crippen LogP contribution in [0.3, 0.4) is 0 Å². The molecule has 0 bridgehead atoms. The SMILES string of the molecule is CC(C)c1nccc2cc(OCc3ccc4c(C(C)C(C)(C)C)cccc4c3)ccc12. The average Bonchev–Trinajstić information content (AvgIpc) is 2.75. The molecule has 1 unspecified atom stereocenters. The maximum atomic E-state index is 6.16. The largest absolute Gasteiger partial charge is 0.489 e. The van der Waals surface area contributed by atoms with Crippen molar-refractivity contribution in [1.82, 2.24) is 4.98 Å². The summed E-state index contributed by atoms with van der Waals surface area (Å²) in [7, 11) is 0. The molecule has 160 valence electrons. The van der Waals surface area contributed by atoms with Crippen molar-refractivity contribution >= 4 is 21.5 Å². The highest BCUT2D eigenvalue weighted by Gasteiger charge is 2.23. The first-order valence-electron chi connectivity index (χ1n) is 11.3. The van der Waals surface area contributed by atoms with E-state index in [4.69, 9.17) is 4.74 Å². The number of hydrogen-bond donors (Lipinski definition) is 0. The summed E-state index contributed by atoms with van der Waals surface area (Å²) in [6.45, 7) is 14.2. The highest BCUT2D eigenvalue weighted by Crippen LogP contribution is 2.38. The van der Waals surface area contributed by atoms with Crippen LogP contribution in [0.5, 0.6) is 5.75 Å². The van der Waals surface area contributed by atoms with E-state index in [1.54, 1.807) is 0 Å². The number of fused-ring (bicyclic) bond motifs is 2. The summed E-state index contributed by atoms with van der Waals surface area (Å²) in [5.74, 6) is 1.78. The molecule has 0 aliphatic heterocycles. The zero-order valence-electron chi connectivity index (χ0n) is 19.6. The first kappa shape index (κ1) is 21.4. The summed E-state index contributed by atoms with van der Waals surface area (Å²) < 4.78 is 6.16. The van der Waals surface area contributed by atoms with Crippen LogP contribution in [-0.4, -0.2) is 4.98 Å². The van der Waals surface area contributed by atoms with Crippen LogP contribution in [0.4, 0.5) is 0 Å². The minimum atomic E-state index is 0.233. The van der Waals surface area contributed by atoms with E-state index in [9.17, 15) is 0 Å². The van der Waals surface area contributed by atoms with Crippen molar-refractivity contribution in [2.45, 2.75) is 60.0 Å². The smallest absolute Gasteiger partial charge is 0.120 e. The molecule has 0 fully saturated rings. The van der Waals surface area contributed by atoms with Gasteiger partial charge in [-0.15, -0.1) is 0 Å². The highest BCUT2D eigenvalue weighted by molar-refractivity contribution is 5.87. The molecule has 3 aromatic carbocycles. The Balaban J connectivity index is 1.57. The van der Waals surface area contributed by atoms with Crippen LogP contribution in [0.1, 0.15) is 70.2 Å².